The van der Waals surface area contributed by atoms with E-state index >= 15 is 0 Å². The van der Waals surface area contributed by atoms with Gasteiger partial charge in [-0.25, -0.2) is 0 Å². The van der Waals surface area contributed by atoms with Crippen LogP contribution in [0.4, 0.5) is 0 Å². The highest BCUT2D eigenvalue weighted by Gasteiger charge is 2.16. The molecule has 2 rings (SSSR count). The van der Waals surface area contributed by atoms with Gasteiger partial charge in [-0.1, -0.05) is 13.8 Å². The summed E-state index contributed by atoms with van der Waals surface area (Å²) in [5, 5.41) is 0. The Labute approximate surface area is 139 Å². The van der Waals surface area contributed by atoms with E-state index in [0.29, 0.717) is 12.5 Å². The van der Waals surface area contributed by atoms with Crippen LogP contribution in [-0.2, 0) is 11.3 Å². The number of benzene rings is 1. The van der Waals surface area contributed by atoms with Crippen LogP contribution in [0.5, 0.6) is 5.75 Å². The zero-order valence-corrected chi connectivity index (χ0v) is 14.4. The molecule has 22 heavy (non-hydrogen) atoms. The minimum atomic E-state index is 0. The maximum Gasteiger partial charge on any atom is 0.159 e. The third-order valence-corrected chi connectivity index (χ3v) is 3.61. The van der Waals surface area contributed by atoms with Gasteiger partial charge in [0.2, 0.25) is 0 Å². The van der Waals surface area contributed by atoms with E-state index < -0.39 is 0 Å². The molecule has 0 radical (unpaired) electrons. The lowest BCUT2D eigenvalue weighted by molar-refractivity contribution is -0.921. The number of Topliss-reactive ketones (excluding diaryl/α,β-unsaturated/α-hetero) is 1. The van der Waals surface area contributed by atoms with Crippen molar-refractivity contribution in [3.63, 3.8) is 0 Å². The summed E-state index contributed by atoms with van der Waals surface area (Å²) >= 11 is 0. The quantitative estimate of drug-likeness (QED) is 0.636. The van der Waals surface area contributed by atoms with Crippen molar-refractivity contribution in [2.45, 2.75) is 27.3 Å². The summed E-state index contributed by atoms with van der Waals surface area (Å²) in [7, 11) is 0. The summed E-state index contributed by atoms with van der Waals surface area (Å²) in [5.41, 5.74) is 1.90. The number of carbonyl (C=O) groups excluding carboxylic acids is 1. The highest BCUT2D eigenvalue weighted by molar-refractivity contribution is 5.94. The fraction of sp³-hybridized carbons (Fsp3) is 0.588. The van der Waals surface area contributed by atoms with E-state index in [1.807, 2.05) is 12.1 Å². The van der Waals surface area contributed by atoms with Gasteiger partial charge in [0.1, 0.15) is 25.4 Å². The van der Waals surface area contributed by atoms with Crippen molar-refractivity contribution in [2.24, 2.45) is 5.92 Å². The Morgan fingerprint density at radius 2 is 1.95 bits per heavy atom. The molecular formula is C17H26ClNO3. The third kappa shape index (κ3) is 5.95. The standard InChI is InChI=1S/C17H25NO3.ClH/c1-13(2)12-21-17-9-15(8-16(10-17)14(3)19)11-18-4-6-20-7-5-18;/h8-10,13H,4-7,11-12H2,1-3H3;1H. The van der Waals surface area contributed by atoms with Crippen LogP contribution in [0.2, 0.25) is 0 Å². The molecule has 1 saturated heterocycles. The normalized spacial score (nSPS) is 15.5. The number of halogens is 1. The lowest BCUT2D eigenvalue weighted by Crippen LogP contribution is -3.12. The summed E-state index contributed by atoms with van der Waals surface area (Å²) in [4.78, 5) is 13.2. The van der Waals surface area contributed by atoms with Crippen LogP contribution in [-0.4, -0.2) is 38.7 Å². The van der Waals surface area contributed by atoms with E-state index in [0.717, 1.165) is 44.2 Å². The van der Waals surface area contributed by atoms with Crippen molar-refractivity contribution >= 4 is 5.78 Å². The van der Waals surface area contributed by atoms with E-state index in [2.05, 4.69) is 19.9 Å². The minimum Gasteiger partial charge on any atom is -1.00 e. The Kier molecular flexibility index (Phi) is 7.87. The monoisotopic (exact) mass is 327 g/mol. The predicted octanol–water partition coefficient (Wildman–Crippen LogP) is -1.66. The summed E-state index contributed by atoms with van der Waals surface area (Å²) in [6.07, 6.45) is 0. The van der Waals surface area contributed by atoms with Crippen LogP contribution < -0.4 is 22.0 Å². The maximum absolute atomic E-state index is 11.7. The van der Waals surface area contributed by atoms with Crippen LogP contribution in [0.15, 0.2) is 18.2 Å². The highest BCUT2D eigenvalue weighted by atomic mass is 35.5. The molecule has 0 aliphatic carbocycles. The molecule has 0 bridgehead atoms. The van der Waals surface area contributed by atoms with Gasteiger partial charge in [0.25, 0.3) is 0 Å². The summed E-state index contributed by atoms with van der Waals surface area (Å²) in [5.74, 6) is 1.36. The van der Waals surface area contributed by atoms with E-state index in [-0.39, 0.29) is 18.2 Å². The summed E-state index contributed by atoms with van der Waals surface area (Å²) < 4.78 is 11.2. The molecule has 1 aromatic carbocycles. The minimum absolute atomic E-state index is 0. The number of ether oxygens (including phenoxy) is 2. The molecule has 0 amide bonds. The molecule has 1 aromatic rings. The van der Waals surface area contributed by atoms with E-state index in [4.69, 9.17) is 9.47 Å². The molecule has 124 valence electrons. The molecule has 1 N–H and O–H groups in total. The maximum atomic E-state index is 11.7. The van der Waals surface area contributed by atoms with E-state index in [9.17, 15) is 4.79 Å². The van der Waals surface area contributed by atoms with Gasteiger partial charge in [-0.15, -0.1) is 0 Å². The molecule has 0 unspecified atom stereocenters. The van der Waals surface area contributed by atoms with Gasteiger partial charge in [0.05, 0.1) is 19.8 Å². The van der Waals surface area contributed by atoms with Gasteiger partial charge in [-0.2, -0.15) is 0 Å². The highest BCUT2D eigenvalue weighted by Crippen LogP contribution is 2.18. The molecule has 5 heteroatoms. The SMILES string of the molecule is CC(=O)c1cc(C[NH+]2CCOCC2)cc(OCC(C)C)c1.[Cl-]. The van der Waals surface area contributed by atoms with Crippen LogP contribution >= 0.6 is 0 Å². The second kappa shape index (κ2) is 9.13. The zero-order chi connectivity index (χ0) is 15.2. The molecule has 1 heterocycles. The second-order valence-corrected chi connectivity index (χ2v) is 6.17. The molecule has 0 aromatic heterocycles. The average molecular weight is 328 g/mol. The number of hydrogen-bond acceptors (Lipinski definition) is 3. The van der Waals surface area contributed by atoms with Crippen molar-refractivity contribution in [1.29, 1.82) is 0 Å². The van der Waals surface area contributed by atoms with Gasteiger partial charge in [-0.3, -0.25) is 4.79 Å². The Morgan fingerprint density at radius 3 is 2.55 bits per heavy atom. The molecule has 0 atom stereocenters. The third-order valence-electron chi connectivity index (χ3n) is 3.61. The van der Waals surface area contributed by atoms with Gasteiger partial charge >= 0.3 is 0 Å². The number of hydrogen-bond donors (Lipinski definition) is 1. The molecule has 1 aliphatic heterocycles. The van der Waals surface area contributed by atoms with Gasteiger partial charge in [0, 0.05) is 11.1 Å². The first-order valence-corrected chi connectivity index (χ1v) is 7.73. The molecule has 0 spiro atoms. The average Bonchev–Trinajstić information content (AvgIpc) is 2.46. The van der Waals surface area contributed by atoms with Crippen molar-refractivity contribution in [3.05, 3.63) is 29.3 Å². The number of rotatable bonds is 6. The van der Waals surface area contributed by atoms with Crippen molar-refractivity contribution in [3.8, 4) is 5.75 Å². The molecular weight excluding hydrogens is 302 g/mol. The number of nitrogens with one attached hydrogen (secondary N) is 1. The zero-order valence-electron chi connectivity index (χ0n) is 13.7. The molecule has 1 fully saturated rings. The first kappa shape index (κ1) is 18.9. The van der Waals surface area contributed by atoms with Crippen molar-refractivity contribution in [2.75, 3.05) is 32.9 Å². The van der Waals surface area contributed by atoms with E-state index in [1.54, 1.807) is 6.92 Å². The van der Waals surface area contributed by atoms with Crippen LogP contribution in [0.1, 0.15) is 36.7 Å². The largest absolute Gasteiger partial charge is 1.00 e. The van der Waals surface area contributed by atoms with Crippen LogP contribution in [0, 0.1) is 5.92 Å². The van der Waals surface area contributed by atoms with Gasteiger partial charge < -0.3 is 26.8 Å². The smallest absolute Gasteiger partial charge is 0.159 e. The summed E-state index contributed by atoms with van der Waals surface area (Å²) in [6.45, 7) is 11.1. The van der Waals surface area contributed by atoms with E-state index in [1.165, 1.54) is 10.5 Å². The first-order valence-electron chi connectivity index (χ1n) is 7.73. The fourth-order valence-electron chi connectivity index (χ4n) is 2.44. The number of carbonyl (C=O) groups is 1. The molecule has 4 nitrogen and oxygen atoms in total. The Hall–Kier alpha value is -1.10. The van der Waals surface area contributed by atoms with Crippen LogP contribution in [0.3, 0.4) is 0 Å². The number of ketones is 1. The van der Waals surface area contributed by atoms with Gasteiger partial charge in [-0.05, 0) is 31.0 Å². The fourth-order valence-corrected chi connectivity index (χ4v) is 2.44. The lowest BCUT2D eigenvalue weighted by Gasteiger charge is -2.24. The Bertz CT molecular complexity index is 485. The topological polar surface area (TPSA) is 40.0 Å². The predicted molar refractivity (Wildman–Crippen MR) is 82.0 cm³/mol. The molecule has 1 aliphatic rings. The number of morpholine rings is 1. The number of quaternary nitrogens is 1. The molecule has 0 saturated carbocycles. The summed E-state index contributed by atoms with van der Waals surface area (Å²) in [6, 6.07) is 5.91. The van der Waals surface area contributed by atoms with Gasteiger partial charge in [0.15, 0.2) is 5.78 Å². The first-order chi connectivity index (χ1) is 10.0. The Morgan fingerprint density at radius 1 is 1.27 bits per heavy atom. The Balaban J connectivity index is 0.00000242. The van der Waals surface area contributed by atoms with Crippen molar-refractivity contribution in [1.82, 2.24) is 0 Å². The second-order valence-electron chi connectivity index (χ2n) is 6.17. The van der Waals surface area contributed by atoms with Crippen molar-refractivity contribution < 1.29 is 31.6 Å². The lowest BCUT2D eigenvalue weighted by atomic mass is 10.1. The van der Waals surface area contributed by atoms with Crippen LogP contribution in [0.25, 0.3) is 0 Å².